The number of nitrogens with zero attached hydrogens (tertiary/aromatic N) is 1. The minimum Gasteiger partial charge on any atom is -0.480 e. The van der Waals surface area contributed by atoms with Gasteiger partial charge in [-0.25, -0.2) is 5.43 Å². The quantitative estimate of drug-likeness (QED) is 0.0607. The molecule has 9 N–H and O–H groups in total. The number of carboxylic acid groups (broad SMARTS) is 2. The molecule has 0 spiro atoms. The number of nitrogens with one attached hydrogen (secondary N) is 3. The molecule has 0 saturated heterocycles. The molecule has 0 saturated carbocycles. The molecule has 0 aromatic heterocycles. The molecule has 0 aromatic rings. The molecule has 0 radical (unpaired) electrons. The van der Waals surface area contributed by atoms with E-state index in [9.17, 15) is 19.2 Å². The van der Waals surface area contributed by atoms with Crippen molar-refractivity contribution in [2.45, 2.75) is 50.6 Å². The van der Waals surface area contributed by atoms with Crippen LogP contribution in [0.1, 0.15) is 38.5 Å². The van der Waals surface area contributed by atoms with Gasteiger partial charge in [-0.2, -0.15) is 12.6 Å². The molecule has 0 fully saturated rings. The van der Waals surface area contributed by atoms with Gasteiger partial charge in [0.15, 0.2) is 0 Å². The zero-order chi connectivity index (χ0) is 23.6. The van der Waals surface area contributed by atoms with Gasteiger partial charge in [-0.15, -0.1) is 0 Å². The zero-order valence-corrected chi connectivity index (χ0v) is 18.6. The molecule has 12 nitrogen and oxygen atoms in total. The standard InChI is InChI=1S/C18H36N6O6S/c19-7-2-1-3-8-21-9-4-10-22-24(11-16(26)27)17(28)14(12-31)23-15(25)6-5-13(20)18(29)30/h13-14,21-22,31H,1-12,19-20H2,(H,23,25)(H,26,27)(H,29,30). The fourth-order valence-electron chi connectivity index (χ4n) is 2.52. The van der Waals surface area contributed by atoms with E-state index in [0.717, 1.165) is 30.8 Å². The third-order valence-corrected chi connectivity index (χ3v) is 4.63. The Labute approximate surface area is 187 Å². The summed E-state index contributed by atoms with van der Waals surface area (Å²) in [7, 11) is 0. The molecule has 0 aliphatic heterocycles. The molecule has 0 bridgehead atoms. The van der Waals surface area contributed by atoms with Gasteiger partial charge < -0.3 is 32.3 Å². The summed E-state index contributed by atoms with van der Waals surface area (Å²) >= 11 is 4.05. The van der Waals surface area contributed by atoms with Crippen LogP contribution in [0.4, 0.5) is 0 Å². The Bertz CT molecular complexity index is 568. The lowest BCUT2D eigenvalue weighted by molar-refractivity contribution is -0.148. The maximum absolute atomic E-state index is 12.7. The number of rotatable bonds is 19. The van der Waals surface area contributed by atoms with E-state index < -0.39 is 42.4 Å². The maximum atomic E-state index is 12.7. The van der Waals surface area contributed by atoms with E-state index in [1.165, 1.54) is 0 Å². The Morgan fingerprint density at radius 1 is 1.00 bits per heavy atom. The number of carbonyl (C=O) groups is 4. The first-order valence-electron chi connectivity index (χ1n) is 10.3. The van der Waals surface area contributed by atoms with E-state index >= 15 is 0 Å². The lowest BCUT2D eigenvalue weighted by Crippen LogP contribution is -2.55. The number of hydrogen-bond donors (Lipinski definition) is 8. The number of unbranched alkanes of at least 4 members (excludes halogenated alkanes) is 2. The first-order chi connectivity index (χ1) is 14.7. The summed E-state index contributed by atoms with van der Waals surface area (Å²) in [6, 6.07) is -2.25. The normalized spacial score (nSPS) is 12.7. The van der Waals surface area contributed by atoms with Crippen LogP contribution in [-0.4, -0.2) is 89.5 Å². The summed E-state index contributed by atoms with van der Waals surface area (Å²) < 4.78 is 0. The number of nitrogens with two attached hydrogens (primary N) is 2. The molecule has 31 heavy (non-hydrogen) atoms. The van der Waals surface area contributed by atoms with Crippen LogP contribution in [0.25, 0.3) is 0 Å². The SMILES string of the molecule is NCCCCCNCCCNN(CC(=O)O)C(=O)C(CS)NC(=O)CCC(N)C(=O)O. The van der Waals surface area contributed by atoms with Crippen molar-refractivity contribution in [2.24, 2.45) is 11.5 Å². The third kappa shape index (κ3) is 14.7. The number of thiol groups is 1. The molecular weight excluding hydrogens is 428 g/mol. The summed E-state index contributed by atoms with van der Waals surface area (Å²) in [5, 5.41) is 24.5. The van der Waals surface area contributed by atoms with Crippen molar-refractivity contribution >= 4 is 36.4 Å². The number of aliphatic carboxylic acids is 2. The highest BCUT2D eigenvalue weighted by Crippen LogP contribution is 2.00. The lowest BCUT2D eigenvalue weighted by atomic mass is 10.1. The predicted octanol–water partition coefficient (Wildman–Crippen LogP) is -1.88. The maximum Gasteiger partial charge on any atom is 0.324 e. The second-order valence-electron chi connectivity index (χ2n) is 6.97. The highest BCUT2D eigenvalue weighted by Gasteiger charge is 2.26. The van der Waals surface area contributed by atoms with Gasteiger partial charge in [0.2, 0.25) is 5.91 Å². The van der Waals surface area contributed by atoms with Crippen molar-refractivity contribution in [1.29, 1.82) is 0 Å². The Morgan fingerprint density at radius 3 is 2.26 bits per heavy atom. The third-order valence-electron chi connectivity index (χ3n) is 4.27. The van der Waals surface area contributed by atoms with Crippen molar-refractivity contribution in [1.82, 2.24) is 21.1 Å². The molecule has 0 rings (SSSR count). The summed E-state index contributed by atoms with van der Waals surface area (Å²) in [6.07, 6.45) is 3.45. The van der Waals surface area contributed by atoms with Gasteiger partial charge in [-0.1, -0.05) is 6.42 Å². The second kappa shape index (κ2) is 17.7. The van der Waals surface area contributed by atoms with Gasteiger partial charge in [0.05, 0.1) is 0 Å². The summed E-state index contributed by atoms with van der Waals surface area (Å²) in [6.45, 7) is 2.00. The molecule has 0 aliphatic rings. The largest absolute Gasteiger partial charge is 0.480 e. The van der Waals surface area contributed by atoms with Crippen LogP contribution in [0, 0.1) is 0 Å². The van der Waals surface area contributed by atoms with Crippen LogP contribution in [0.5, 0.6) is 0 Å². The Balaban J connectivity index is 4.49. The molecular formula is C18H36N6O6S. The highest BCUT2D eigenvalue weighted by atomic mass is 32.1. The van der Waals surface area contributed by atoms with Crippen molar-refractivity contribution in [2.75, 3.05) is 38.5 Å². The first-order valence-corrected chi connectivity index (χ1v) is 10.9. The molecule has 0 aliphatic carbocycles. The second-order valence-corrected chi connectivity index (χ2v) is 7.33. The minimum atomic E-state index is -1.23. The monoisotopic (exact) mass is 464 g/mol. The van der Waals surface area contributed by atoms with Gasteiger partial charge in [0, 0.05) is 18.7 Å². The van der Waals surface area contributed by atoms with E-state index in [1.807, 2.05) is 0 Å². The van der Waals surface area contributed by atoms with Crippen LogP contribution in [0.3, 0.4) is 0 Å². The topological polar surface area (TPSA) is 200 Å². The van der Waals surface area contributed by atoms with Crippen molar-refractivity contribution in [3.05, 3.63) is 0 Å². The van der Waals surface area contributed by atoms with Crippen molar-refractivity contribution < 1.29 is 29.4 Å². The fraction of sp³-hybridized carbons (Fsp3) is 0.778. The summed E-state index contributed by atoms with van der Waals surface area (Å²) in [5.41, 5.74) is 13.6. The first kappa shape index (κ1) is 29.1. The van der Waals surface area contributed by atoms with Gasteiger partial charge in [-0.3, -0.25) is 24.2 Å². The number of amides is 2. The predicted molar refractivity (Wildman–Crippen MR) is 118 cm³/mol. The van der Waals surface area contributed by atoms with Gasteiger partial charge in [0.25, 0.3) is 5.91 Å². The number of hydrogen-bond acceptors (Lipinski definition) is 9. The molecule has 0 aromatic carbocycles. The van der Waals surface area contributed by atoms with Crippen LogP contribution in [0.2, 0.25) is 0 Å². The average Bonchev–Trinajstić information content (AvgIpc) is 2.72. The van der Waals surface area contributed by atoms with Crippen LogP contribution >= 0.6 is 12.6 Å². The van der Waals surface area contributed by atoms with Gasteiger partial charge >= 0.3 is 11.9 Å². The molecule has 2 amide bonds. The molecule has 180 valence electrons. The highest BCUT2D eigenvalue weighted by molar-refractivity contribution is 7.80. The van der Waals surface area contributed by atoms with E-state index in [1.54, 1.807) is 0 Å². The molecule has 13 heteroatoms. The molecule has 2 unspecified atom stereocenters. The smallest absolute Gasteiger partial charge is 0.324 e. The van der Waals surface area contributed by atoms with Crippen LogP contribution in [0.15, 0.2) is 0 Å². The zero-order valence-electron chi connectivity index (χ0n) is 17.7. The van der Waals surface area contributed by atoms with Crippen molar-refractivity contribution in [3.8, 4) is 0 Å². The summed E-state index contributed by atoms with van der Waals surface area (Å²) in [4.78, 5) is 46.5. The Kier molecular flexibility index (Phi) is 16.6. The van der Waals surface area contributed by atoms with E-state index in [-0.39, 0.29) is 18.6 Å². The Morgan fingerprint density at radius 2 is 1.68 bits per heavy atom. The fourth-order valence-corrected chi connectivity index (χ4v) is 2.77. The van der Waals surface area contributed by atoms with E-state index in [4.69, 9.17) is 21.7 Å². The van der Waals surface area contributed by atoms with Gasteiger partial charge in [0.1, 0.15) is 18.6 Å². The van der Waals surface area contributed by atoms with Gasteiger partial charge in [-0.05, 0) is 45.3 Å². The van der Waals surface area contributed by atoms with E-state index in [0.29, 0.717) is 26.1 Å². The molecule has 0 heterocycles. The van der Waals surface area contributed by atoms with Crippen LogP contribution in [-0.2, 0) is 19.2 Å². The average molecular weight is 465 g/mol. The summed E-state index contributed by atoms with van der Waals surface area (Å²) in [5.74, 6) is -3.72. The lowest BCUT2D eigenvalue weighted by Gasteiger charge is -2.26. The number of carboxylic acids is 2. The number of carbonyl (C=O) groups excluding carboxylic acids is 2. The van der Waals surface area contributed by atoms with Crippen LogP contribution < -0.4 is 27.5 Å². The van der Waals surface area contributed by atoms with E-state index in [2.05, 4.69) is 28.7 Å². The van der Waals surface area contributed by atoms with Crippen molar-refractivity contribution in [3.63, 3.8) is 0 Å². The number of hydrazine groups is 1. The minimum absolute atomic E-state index is 0.0578. The Hall–Kier alpha value is -1.93. The molecule has 2 atom stereocenters.